The first kappa shape index (κ1) is 13.3. The average Bonchev–Trinajstić information content (AvgIpc) is 2.30. The summed E-state index contributed by atoms with van der Waals surface area (Å²) in [4.78, 5) is 14.6. The van der Waals surface area contributed by atoms with Crippen LogP contribution >= 0.6 is 11.6 Å². The fraction of sp³-hybridized carbons (Fsp3) is 0.300. The van der Waals surface area contributed by atoms with Gasteiger partial charge in [0.25, 0.3) is 6.43 Å². The molecule has 0 radical (unpaired) electrons. The highest BCUT2D eigenvalue weighted by molar-refractivity contribution is 6.31. The van der Waals surface area contributed by atoms with Crippen molar-refractivity contribution in [3.05, 3.63) is 28.0 Å². The van der Waals surface area contributed by atoms with Gasteiger partial charge < -0.3 is 4.74 Å². The Morgan fingerprint density at radius 1 is 1.71 bits per heavy atom. The van der Waals surface area contributed by atoms with E-state index in [0.29, 0.717) is 0 Å². The van der Waals surface area contributed by atoms with Crippen LogP contribution in [0.25, 0.3) is 0 Å². The van der Waals surface area contributed by atoms with Crippen molar-refractivity contribution in [1.82, 2.24) is 4.98 Å². The molecule has 1 rings (SSSR count). The molecule has 0 unspecified atom stereocenters. The highest BCUT2D eigenvalue weighted by Gasteiger charge is 2.23. The van der Waals surface area contributed by atoms with Gasteiger partial charge in [-0.15, -0.1) is 0 Å². The molecule has 4 nitrogen and oxygen atoms in total. The van der Waals surface area contributed by atoms with Crippen molar-refractivity contribution in [2.45, 2.75) is 12.8 Å². The second-order valence-electron chi connectivity index (χ2n) is 3.01. The molecule has 0 bridgehead atoms. The molecule has 0 aliphatic carbocycles. The molecule has 7 heteroatoms. The summed E-state index contributed by atoms with van der Waals surface area (Å²) in [6, 6.07) is 1.57. The number of aromatic nitrogens is 1. The zero-order chi connectivity index (χ0) is 13.0. The van der Waals surface area contributed by atoms with Crippen LogP contribution in [0.5, 0.6) is 0 Å². The van der Waals surface area contributed by atoms with E-state index in [4.69, 9.17) is 16.9 Å². The van der Waals surface area contributed by atoms with Crippen LogP contribution in [0.4, 0.5) is 8.78 Å². The maximum absolute atomic E-state index is 12.8. The van der Waals surface area contributed by atoms with Gasteiger partial charge in [0.2, 0.25) is 0 Å². The van der Waals surface area contributed by atoms with Crippen LogP contribution in [0.2, 0.25) is 5.02 Å². The van der Waals surface area contributed by atoms with Gasteiger partial charge in [0.05, 0.1) is 35.4 Å². The SMILES string of the molecule is COC(=O)Cc1ncc(Cl)c(C#N)c1C(F)F. The molecular weight excluding hydrogens is 254 g/mol. The number of ether oxygens (including phenoxy) is 1. The van der Waals surface area contributed by atoms with E-state index in [1.54, 1.807) is 6.07 Å². The van der Waals surface area contributed by atoms with Crippen molar-refractivity contribution < 1.29 is 18.3 Å². The molecule has 17 heavy (non-hydrogen) atoms. The summed E-state index contributed by atoms with van der Waals surface area (Å²) in [6.07, 6.45) is -2.30. The van der Waals surface area contributed by atoms with E-state index in [2.05, 4.69) is 9.72 Å². The highest BCUT2D eigenvalue weighted by atomic mass is 35.5. The van der Waals surface area contributed by atoms with Crippen molar-refractivity contribution >= 4 is 17.6 Å². The van der Waals surface area contributed by atoms with Crippen LogP contribution < -0.4 is 0 Å². The molecule has 1 heterocycles. The maximum Gasteiger partial charge on any atom is 0.311 e. The molecule has 0 saturated carbocycles. The van der Waals surface area contributed by atoms with Crippen molar-refractivity contribution in [3.8, 4) is 6.07 Å². The number of carbonyl (C=O) groups excluding carboxylic acids is 1. The average molecular weight is 261 g/mol. The molecule has 1 aromatic rings. The predicted molar refractivity (Wildman–Crippen MR) is 54.6 cm³/mol. The number of alkyl halides is 2. The Kier molecular flexibility index (Phi) is 4.35. The maximum atomic E-state index is 12.8. The molecule has 0 aliphatic heterocycles. The summed E-state index contributed by atoms with van der Waals surface area (Å²) in [7, 11) is 1.13. The topological polar surface area (TPSA) is 63.0 Å². The molecule has 0 amide bonds. The molecule has 0 saturated heterocycles. The molecule has 1 aromatic heterocycles. The minimum Gasteiger partial charge on any atom is -0.469 e. The summed E-state index contributed by atoms with van der Waals surface area (Å²) in [5.41, 5.74) is -1.19. The fourth-order valence-electron chi connectivity index (χ4n) is 1.24. The van der Waals surface area contributed by atoms with Crippen molar-refractivity contribution in [2.75, 3.05) is 7.11 Å². The molecular formula is C10H7ClF2N2O2. The van der Waals surface area contributed by atoms with Gasteiger partial charge in [-0.25, -0.2) is 8.78 Å². The van der Waals surface area contributed by atoms with Gasteiger partial charge in [0.15, 0.2) is 0 Å². The van der Waals surface area contributed by atoms with E-state index in [0.717, 1.165) is 13.3 Å². The van der Waals surface area contributed by atoms with Crippen molar-refractivity contribution in [1.29, 1.82) is 5.26 Å². The molecule has 0 aliphatic rings. The molecule has 0 aromatic carbocycles. The first-order valence-corrected chi connectivity index (χ1v) is 4.81. The Balaban J connectivity index is 3.31. The first-order chi connectivity index (χ1) is 8.01. The van der Waals surface area contributed by atoms with E-state index in [1.165, 1.54) is 0 Å². The third-order valence-corrected chi connectivity index (χ3v) is 2.31. The minimum absolute atomic E-state index is 0.170. The van der Waals surface area contributed by atoms with Crippen molar-refractivity contribution in [2.24, 2.45) is 0 Å². The lowest BCUT2D eigenvalue weighted by Crippen LogP contribution is -2.10. The fourth-order valence-corrected chi connectivity index (χ4v) is 1.43. The summed E-state index contributed by atoms with van der Waals surface area (Å²) in [5, 5.41) is 8.58. The Hall–Kier alpha value is -1.74. The number of carbonyl (C=O) groups is 1. The second-order valence-corrected chi connectivity index (χ2v) is 3.41. The van der Waals surface area contributed by atoms with Crippen molar-refractivity contribution in [3.63, 3.8) is 0 Å². The quantitative estimate of drug-likeness (QED) is 0.782. The van der Waals surface area contributed by atoms with Gasteiger partial charge in [-0.3, -0.25) is 9.78 Å². The summed E-state index contributed by atoms with van der Waals surface area (Å²) in [5.74, 6) is -0.717. The van der Waals surface area contributed by atoms with Crippen LogP contribution in [0.3, 0.4) is 0 Å². The van der Waals surface area contributed by atoms with Gasteiger partial charge in [0.1, 0.15) is 6.07 Å². The predicted octanol–water partition coefficient (Wildman–Crippen LogP) is 2.26. The number of hydrogen-bond donors (Lipinski definition) is 0. The lowest BCUT2D eigenvalue weighted by Gasteiger charge is -2.09. The van der Waals surface area contributed by atoms with Crippen LogP contribution in [0.1, 0.15) is 23.2 Å². The third-order valence-electron chi connectivity index (χ3n) is 2.02. The zero-order valence-electron chi connectivity index (χ0n) is 8.71. The minimum atomic E-state index is -2.93. The molecule has 0 N–H and O–H groups in total. The zero-order valence-corrected chi connectivity index (χ0v) is 9.46. The summed E-state index contributed by atoms with van der Waals surface area (Å²) >= 11 is 5.58. The monoisotopic (exact) mass is 260 g/mol. The van der Waals surface area contributed by atoms with E-state index in [9.17, 15) is 13.6 Å². The smallest absolute Gasteiger partial charge is 0.311 e. The molecule has 0 atom stereocenters. The Morgan fingerprint density at radius 2 is 2.35 bits per heavy atom. The Morgan fingerprint density at radius 3 is 2.82 bits per heavy atom. The number of methoxy groups -OCH3 is 1. The van der Waals surface area contributed by atoms with Crippen LogP contribution in [0, 0.1) is 11.3 Å². The number of pyridine rings is 1. The number of nitriles is 1. The van der Waals surface area contributed by atoms with E-state index in [-0.39, 0.29) is 16.3 Å². The third kappa shape index (κ3) is 2.88. The van der Waals surface area contributed by atoms with Gasteiger partial charge in [-0.05, 0) is 0 Å². The van der Waals surface area contributed by atoms with Gasteiger partial charge in [-0.2, -0.15) is 5.26 Å². The van der Waals surface area contributed by atoms with Gasteiger partial charge in [0, 0.05) is 6.20 Å². The van der Waals surface area contributed by atoms with Crippen LogP contribution in [0.15, 0.2) is 6.20 Å². The lowest BCUT2D eigenvalue weighted by atomic mass is 10.1. The van der Waals surface area contributed by atoms with E-state index < -0.39 is 24.4 Å². The lowest BCUT2D eigenvalue weighted by molar-refractivity contribution is -0.139. The Bertz CT molecular complexity index is 486. The van der Waals surface area contributed by atoms with E-state index in [1.807, 2.05) is 0 Å². The summed E-state index contributed by atoms with van der Waals surface area (Å²) < 4.78 is 30.0. The van der Waals surface area contributed by atoms with Gasteiger partial charge >= 0.3 is 5.97 Å². The van der Waals surface area contributed by atoms with Crippen LogP contribution in [-0.4, -0.2) is 18.1 Å². The number of esters is 1. The number of nitrogens with zero attached hydrogens (tertiary/aromatic N) is 2. The van der Waals surface area contributed by atoms with Gasteiger partial charge in [-0.1, -0.05) is 11.6 Å². The number of hydrogen-bond acceptors (Lipinski definition) is 4. The van der Waals surface area contributed by atoms with Crippen LogP contribution in [-0.2, 0) is 16.0 Å². The molecule has 0 spiro atoms. The first-order valence-electron chi connectivity index (χ1n) is 4.43. The summed E-state index contributed by atoms with van der Waals surface area (Å²) in [6.45, 7) is 0. The second kappa shape index (κ2) is 5.55. The molecule has 90 valence electrons. The highest BCUT2D eigenvalue weighted by Crippen LogP contribution is 2.30. The number of halogens is 3. The number of rotatable bonds is 3. The standard InChI is InChI=1S/C10H7ClF2N2O2/c1-17-8(16)2-7-9(10(12)13)5(3-14)6(11)4-15-7/h4,10H,2H2,1H3. The normalized spacial score (nSPS) is 10.1. The largest absolute Gasteiger partial charge is 0.469 e. The molecule has 0 fully saturated rings. The van der Waals surface area contributed by atoms with E-state index >= 15 is 0 Å². The Labute approximate surface area is 101 Å².